The highest BCUT2D eigenvalue weighted by Gasteiger charge is 2.27. The molecule has 1 amide bonds. The van der Waals surface area contributed by atoms with Gasteiger partial charge in [-0.3, -0.25) is 14.5 Å². The van der Waals surface area contributed by atoms with Crippen molar-refractivity contribution < 1.29 is 4.79 Å². The Morgan fingerprint density at radius 1 is 1.12 bits per heavy atom. The maximum absolute atomic E-state index is 13.2. The first-order chi connectivity index (χ1) is 12.7. The topological polar surface area (TPSA) is 51.0 Å². The summed E-state index contributed by atoms with van der Waals surface area (Å²) in [4.78, 5) is 19.6. The van der Waals surface area contributed by atoms with E-state index in [1.807, 2.05) is 65.2 Å². The van der Waals surface area contributed by atoms with E-state index in [1.165, 1.54) is 0 Å². The van der Waals surface area contributed by atoms with Crippen molar-refractivity contribution in [2.45, 2.75) is 25.8 Å². The third kappa shape index (κ3) is 3.12. The van der Waals surface area contributed by atoms with Gasteiger partial charge in [-0.1, -0.05) is 18.2 Å². The third-order valence-corrected chi connectivity index (χ3v) is 5.09. The SMILES string of the molecule is Cc1c(C(=O)N2CCC[C@H](n3cccn3)C2)cccc1-c1ccccn1. The first-order valence-electron chi connectivity index (χ1n) is 9.03. The van der Waals surface area contributed by atoms with Gasteiger partial charge in [-0.2, -0.15) is 5.10 Å². The van der Waals surface area contributed by atoms with Crippen molar-refractivity contribution in [1.82, 2.24) is 19.7 Å². The fourth-order valence-electron chi connectivity index (χ4n) is 3.69. The third-order valence-electron chi connectivity index (χ3n) is 5.09. The summed E-state index contributed by atoms with van der Waals surface area (Å²) in [7, 11) is 0. The van der Waals surface area contributed by atoms with E-state index in [0.29, 0.717) is 6.54 Å². The molecule has 0 unspecified atom stereocenters. The monoisotopic (exact) mass is 346 g/mol. The molecule has 4 rings (SSSR count). The Morgan fingerprint density at radius 3 is 2.81 bits per heavy atom. The molecule has 1 aliphatic heterocycles. The molecule has 3 aromatic rings. The fraction of sp³-hybridized carbons (Fsp3) is 0.286. The molecule has 0 aliphatic carbocycles. The summed E-state index contributed by atoms with van der Waals surface area (Å²) in [6.07, 6.45) is 7.60. The number of hydrogen-bond donors (Lipinski definition) is 0. The normalized spacial score (nSPS) is 17.3. The summed E-state index contributed by atoms with van der Waals surface area (Å²) in [5.74, 6) is 0.0946. The number of hydrogen-bond acceptors (Lipinski definition) is 3. The Labute approximate surface area is 153 Å². The smallest absolute Gasteiger partial charge is 0.254 e. The van der Waals surface area contributed by atoms with Crippen LogP contribution in [0.5, 0.6) is 0 Å². The van der Waals surface area contributed by atoms with Crippen LogP contribution in [0.15, 0.2) is 61.1 Å². The Balaban J connectivity index is 1.60. The molecular formula is C21H22N4O. The summed E-state index contributed by atoms with van der Waals surface area (Å²) in [6.45, 7) is 3.50. The number of piperidine rings is 1. The minimum atomic E-state index is 0.0946. The molecule has 5 nitrogen and oxygen atoms in total. The lowest BCUT2D eigenvalue weighted by Crippen LogP contribution is -2.41. The van der Waals surface area contributed by atoms with Crippen LogP contribution in [0.1, 0.15) is 34.8 Å². The number of aromatic nitrogens is 3. The largest absolute Gasteiger partial charge is 0.336 e. The summed E-state index contributed by atoms with van der Waals surface area (Å²) in [5, 5.41) is 4.35. The van der Waals surface area contributed by atoms with Gasteiger partial charge in [0.25, 0.3) is 5.91 Å². The van der Waals surface area contributed by atoms with Crippen molar-refractivity contribution in [3.8, 4) is 11.3 Å². The van der Waals surface area contributed by atoms with Crippen molar-refractivity contribution >= 4 is 5.91 Å². The average molecular weight is 346 g/mol. The summed E-state index contributed by atoms with van der Waals surface area (Å²) >= 11 is 0. The second-order valence-electron chi connectivity index (χ2n) is 6.73. The molecule has 0 bridgehead atoms. The zero-order valence-electron chi connectivity index (χ0n) is 14.9. The second-order valence-corrected chi connectivity index (χ2v) is 6.73. The Kier molecular flexibility index (Phi) is 4.52. The maximum atomic E-state index is 13.2. The molecule has 1 fully saturated rings. The molecule has 1 aromatic carbocycles. The lowest BCUT2D eigenvalue weighted by Gasteiger charge is -2.33. The van der Waals surface area contributed by atoms with E-state index in [0.717, 1.165) is 41.8 Å². The molecule has 5 heteroatoms. The van der Waals surface area contributed by atoms with Gasteiger partial charge in [0.05, 0.1) is 11.7 Å². The van der Waals surface area contributed by atoms with Crippen molar-refractivity contribution in [1.29, 1.82) is 0 Å². The molecule has 0 spiro atoms. The predicted molar refractivity (Wildman–Crippen MR) is 101 cm³/mol. The van der Waals surface area contributed by atoms with Crippen molar-refractivity contribution in [2.75, 3.05) is 13.1 Å². The van der Waals surface area contributed by atoms with E-state index in [9.17, 15) is 4.79 Å². The fourth-order valence-corrected chi connectivity index (χ4v) is 3.69. The van der Waals surface area contributed by atoms with Crippen LogP contribution >= 0.6 is 0 Å². The molecular weight excluding hydrogens is 324 g/mol. The number of nitrogens with zero attached hydrogens (tertiary/aromatic N) is 4. The first kappa shape index (κ1) is 16.5. The van der Waals surface area contributed by atoms with Crippen molar-refractivity contribution in [2.24, 2.45) is 0 Å². The average Bonchev–Trinajstić information content (AvgIpc) is 3.23. The van der Waals surface area contributed by atoms with Crippen molar-refractivity contribution in [3.63, 3.8) is 0 Å². The van der Waals surface area contributed by atoms with E-state index < -0.39 is 0 Å². The van der Waals surface area contributed by atoms with Gasteiger partial charge < -0.3 is 4.90 Å². The van der Waals surface area contributed by atoms with Gasteiger partial charge in [0.2, 0.25) is 0 Å². The lowest BCUT2D eigenvalue weighted by atomic mass is 9.97. The van der Waals surface area contributed by atoms with Gasteiger partial charge in [0.1, 0.15) is 0 Å². The van der Waals surface area contributed by atoms with Gasteiger partial charge in [0, 0.05) is 42.8 Å². The molecule has 1 atom stereocenters. The zero-order chi connectivity index (χ0) is 17.9. The van der Waals surface area contributed by atoms with Crippen LogP contribution in [0.2, 0.25) is 0 Å². The van der Waals surface area contributed by atoms with E-state index in [-0.39, 0.29) is 11.9 Å². The number of rotatable bonds is 3. The number of amides is 1. The van der Waals surface area contributed by atoms with Crippen LogP contribution in [0, 0.1) is 6.92 Å². The zero-order valence-corrected chi connectivity index (χ0v) is 14.9. The van der Waals surface area contributed by atoms with E-state index >= 15 is 0 Å². The molecule has 0 N–H and O–H groups in total. The molecule has 132 valence electrons. The quantitative estimate of drug-likeness (QED) is 0.726. The highest BCUT2D eigenvalue weighted by Crippen LogP contribution is 2.27. The van der Waals surface area contributed by atoms with Crippen LogP contribution in [0.25, 0.3) is 11.3 Å². The maximum Gasteiger partial charge on any atom is 0.254 e. The van der Waals surface area contributed by atoms with Gasteiger partial charge in [-0.05, 0) is 49.6 Å². The summed E-state index contributed by atoms with van der Waals surface area (Å²) < 4.78 is 1.97. The molecule has 26 heavy (non-hydrogen) atoms. The van der Waals surface area contributed by atoms with Crippen LogP contribution < -0.4 is 0 Å². The molecule has 1 aliphatic rings. The Bertz CT molecular complexity index is 890. The number of carbonyl (C=O) groups is 1. The van der Waals surface area contributed by atoms with Crippen molar-refractivity contribution in [3.05, 3.63) is 72.2 Å². The summed E-state index contributed by atoms with van der Waals surface area (Å²) in [5.41, 5.74) is 3.65. The minimum absolute atomic E-state index is 0.0946. The van der Waals surface area contributed by atoms with Gasteiger partial charge in [0.15, 0.2) is 0 Å². The van der Waals surface area contributed by atoms with E-state index in [2.05, 4.69) is 10.1 Å². The minimum Gasteiger partial charge on any atom is -0.336 e. The van der Waals surface area contributed by atoms with Crippen LogP contribution in [0.4, 0.5) is 0 Å². The highest BCUT2D eigenvalue weighted by molar-refractivity contribution is 5.97. The van der Waals surface area contributed by atoms with Crippen LogP contribution in [-0.2, 0) is 0 Å². The number of benzene rings is 1. The Hall–Kier alpha value is -2.95. The van der Waals surface area contributed by atoms with Crippen LogP contribution in [0.3, 0.4) is 0 Å². The second kappa shape index (κ2) is 7.12. The molecule has 0 saturated carbocycles. The van der Waals surface area contributed by atoms with E-state index in [4.69, 9.17) is 0 Å². The predicted octanol–water partition coefficient (Wildman–Crippen LogP) is 3.73. The number of likely N-dealkylation sites (tertiary alicyclic amines) is 1. The number of carbonyl (C=O) groups excluding carboxylic acids is 1. The lowest BCUT2D eigenvalue weighted by molar-refractivity contribution is 0.0672. The Morgan fingerprint density at radius 2 is 2.04 bits per heavy atom. The molecule has 0 radical (unpaired) electrons. The number of pyridine rings is 1. The first-order valence-corrected chi connectivity index (χ1v) is 9.03. The highest BCUT2D eigenvalue weighted by atomic mass is 16.2. The van der Waals surface area contributed by atoms with Crippen LogP contribution in [-0.4, -0.2) is 38.7 Å². The molecule has 2 aromatic heterocycles. The summed E-state index contributed by atoms with van der Waals surface area (Å²) in [6, 6.07) is 13.9. The molecule has 1 saturated heterocycles. The molecule has 3 heterocycles. The van der Waals surface area contributed by atoms with Gasteiger partial charge >= 0.3 is 0 Å². The standard InChI is InChI=1S/C21H22N4O/c1-16-18(20-10-2-3-11-22-20)8-4-9-19(16)21(26)24-13-5-7-17(15-24)25-14-6-12-23-25/h2-4,6,8-12,14,17H,5,7,13,15H2,1H3/t17-/m0/s1. The van der Waals surface area contributed by atoms with Gasteiger partial charge in [-0.25, -0.2) is 0 Å². The van der Waals surface area contributed by atoms with E-state index in [1.54, 1.807) is 12.4 Å². The van der Waals surface area contributed by atoms with Gasteiger partial charge in [-0.15, -0.1) is 0 Å².